The first-order valence-corrected chi connectivity index (χ1v) is 9.02. The van der Waals surface area contributed by atoms with Gasteiger partial charge in [-0.25, -0.2) is 0 Å². The number of likely N-dealkylation sites (tertiary alicyclic amines) is 1. The van der Waals surface area contributed by atoms with Crippen LogP contribution in [0.15, 0.2) is 28.8 Å². The fourth-order valence-corrected chi connectivity index (χ4v) is 3.92. The Labute approximate surface area is 147 Å². The second-order valence-corrected chi connectivity index (χ2v) is 6.93. The molecule has 0 unspecified atom stereocenters. The minimum atomic E-state index is 0.0255. The first kappa shape index (κ1) is 16.1. The Morgan fingerprint density at radius 1 is 1.24 bits per heavy atom. The average molecular weight is 341 g/mol. The van der Waals surface area contributed by atoms with Gasteiger partial charge in [-0.2, -0.15) is 4.98 Å². The molecule has 1 saturated heterocycles. The van der Waals surface area contributed by atoms with Gasteiger partial charge in [-0.15, -0.1) is 0 Å². The highest BCUT2D eigenvalue weighted by Crippen LogP contribution is 2.33. The van der Waals surface area contributed by atoms with Gasteiger partial charge in [0.15, 0.2) is 5.82 Å². The minimum absolute atomic E-state index is 0.0255. The Morgan fingerprint density at radius 2 is 2.08 bits per heavy atom. The van der Waals surface area contributed by atoms with Crippen molar-refractivity contribution in [2.24, 2.45) is 0 Å². The largest absolute Gasteiger partial charge is 0.497 e. The fourth-order valence-electron chi connectivity index (χ4n) is 3.92. The van der Waals surface area contributed by atoms with E-state index in [1.54, 1.807) is 7.11 Å². The molecule has 2 aromatic rings. The van der Waals surface area contributed by atoms with Crippen molar-refractivity contribution in [3.63, 3.8) is 0 Å². The highest BCUT2D eigenvalue weighted by molar-refractivity contribution is 5.80. The van der Waals surface area contributed by atoms with Gasteiger partial charge in [0, 0.05) is 30.5 Å². The molecule has 6 nitrogen and oxygen atoms in total. The average Bonchev–Trinajstić information content (AvgIpc) is 3.29. The van der Waals surface area contributed by atoms with Gasteiger partial charge in [0.25, 0.3) is 5.89 Å². The normalized spacial score (nSPS) is 21.7. The molecule has 1 aliphatic carbocycles. The minimum Gasteiger partial charge on any atom is -0.497 e. The van der Waals surface area contributed by atoms with Crippen LogP contribution in [-0.4, -0.2) is 40.6 Å². The molecule has 1 aromatic heterocycles. The van der Waals surface area contributed by atoms with Crippen molar-refractivity contribution in [2.75, 3.05) is 13.7 Å². The Balaban J connectivity index is 1.49. The number of ether oxygens (including phenoxy) is 1. The van der Waals surface area contributed by atoms with E-state index in [9.17, 15) is 4.79 Å². The van der Waals surface area contributed by atoms with Crippen molar-refractivity contribution in [3.8, 4) is 17.2 Å². The number of hydrogen-bond acceptors (Lipinski definition) is 5. The van der Waals surface area contributed by atoms with Crippen molar-refractivity contribution in [1.29, 1.82) is 0 Å². The maximum Gasteiger partial charge on any atom is 0.258 e. The number of hydrogen-bond donors (Lipinski definition) is 0. The van der Waals surface area contributed by atoms with Gasteiger partial charge in [-0.1, -0.05) is 30.5 Å². The lowest BCUT2D eigenvalue weighted by atomic mass is 9.94. The molecule has 0 radical (unpaired) electrons. The van der Waals surface area contributed by atoms with Gasteiger partial charge in [0.1, 0.15) is 5.75 Å². The van der Waals surface area contributed by atoms with E-state index in [0.29, 0.717) is 30.7 Å². The molecular weight excluding hydrogens is 318 g/mol. The number of benzene rings is 1. The molecule has 132 valence electrons. The van der Waals surface area contributed by atoms with E-state index in [-0.39, 0.29) is 11.8 Å². The molecule has 0 bridgehead atoms. The topological polar surface area (TPSA) is 68.5 Å². The molecule has 25 heavy (non-hydrogen) atoms. The summed E-state index contributed by atoms with van der Waals surface area (Å²) in [6, 6.07) is 7.94. The van der Waals surface area contributed by atoms with Crippen LogP contribution in [0.3, 0.4) is 0 Å². The summed E-state index contributed by atoms with van der Waals surface area (Å²) in [5.74, 6) is 2.10. The van der Waals surface area contributed by atoms with E-state index in [1.807, 2.05) is 29.2 Å². The van der Waals surface area contributed by atoms with E-state index in [0.717, 1.165) is 24.2 Å². The second kappa shape index (κ2) is 6.86. The molecule has 0 N–H and O–H groups in total. The third-order valence-electron chi connectivity index (χ3n) is 5.30. The zero-order valence-electron chi connectivity index (χ0n) is 14.5. The van der Waals surface area contributed by atoms with Crippen LogP contribution >= 0.6 is 0 Å². The first-order chi connectivity index (χ1) is 12.2. The third kappa shape index (κ3) is 3.25. The molecule has 1 atom stereocenters. The number of rotatable bonds is 4. The summed E-state index contributed by atoms with van der Waals surface area (Å²) >= 11 is 0. The Morgan fingerprint density at radius 3 is 2.88 bits per heavy atom. The fraction of sp³-hybridized carbons (Fsp3) is 0.526. The van der Waals surface area contributed by atoms with Gasteiger partial charge >= 0.3 is 0 Å². The van der Waals surface area contributed by atoms with Gasteiger partial charge in [-0.05, 0) is 31.0 Å². The number of methoxy groups -OCH3 is 1. The van der Waals surface area contributed by atoms with Crippen LogP contribution in [0.2, 0.25) is 0 Å². The number of carbonyl (C=O) groups is 1. The number of aromatic nitrogens is 2. The molecule has 1 aliphatic heterocycles. The van der Waals surface area contributed by atoms with Gasteiger partial charge in [0.2, 0.25) is 5.91 Å². The molecule has 6 heteroatoms. The van der Waals surface area contributed by atoms with E-state index in [1.165, 1.54) is 19.3 Å². The van der Waals surface area contributed by atoms with Crippen LogP contribution in [0, 0.1) is 0 Å². The van der Waals surface area contributed by atoms with Crippen molar-refractivity contribution in [3.05, 3.63) is 30.1 Å². The summed E-state index contributed by atoms with van der Waals surface area (Å²) < 4.78 is 10.7. The van der Waals surface area contributed by atoms with E-state index in [4.69, 9.17) is 9.26 Å². The molecule has 1 amide bonds. The quantitative estimate of drug-likeness (QED) is 0.852. The van der Waals surface area contributed by atoms with Crippen molar-refractivity contribution in [1.82, 2.24) is 15.0 Å². The monoisotopic (exact) mass is 341 g/mol. The van der Waals surface area contributed by atoms with Crippen molar-refractivity contribution in [2.45, 2.75) is 50.5 Å². The van der Waals surface area contributed by atoms with Gasteiger partial charge < -0.3 is 14.2 Å². The predicted octanol–water partition coefficient (Wildman–Crippen LogP) is 3.39. The first-order valence-electron chi connectivity index (χ1n) is 9.02. The van der Waals surface area contributed by atoms with Crippen LogP contribution < -0.4 is 4.74 Å². The molecule has 1 aromatic carbocycles. The number of amides is 1. The molecular formula is C19H23N3O3. The van der Waals surface area contributed by atoms with Crippen LogP contribution in [-0.2, 0) is 4.79 Å². The number of nitrogens with zero attached hydrogens (tertiary/aromatic N) is 3. The standard InChI is InChI=1S/C19H23N3O3/c1-24-16-9-5-6-13(10-16)19-20-18(21-25-19)14-11-17(23)22(12-14)15-7-3-2-4-8-15/h5-6,9-10,14-15H,2-4,7-8,11-12H2,1H3/t14-/m0/s1. The van der Waals surface area contributed by atoms with Crippen LogP contribution in [0.1, 0.15) is 50.3 Å². The van der Waals surface area contributed by atoms with Gasteiger partial charge in [0.05, 0.1) is 7.11 Å². The predicted molar refractivity (Wildman–Crippen MR) is 92.2 cm³/mol. The smallest absolute Gasteiger partial charge is 0.258 e. The molecule has 4 rings (SSSR count). The van der Waals surface area contributed by atoms with Gasteiger partial charge in [-0.3, -0.25) is 4.79 Å². The summed E-state index contributed by atoms with van der Waals surface area (Å²) in [7, 11) is 1.63. The molecule has 2 aliphatic rings. The zero-order chi connectivity index (χ0) is 17.2. The highest BCUT2D eigenvalue weighted by Gasteiger charge is 2.37. The SMILES string of the molecule is COc1cccc(-c2nc([C@H]3CC(=O)N(C4CCCCC4)C3)no2)c1. The van der Waals surface area contributed by atoms with E-state index >= 15 is 0 Å². The molecule has 2 heterocycles. The Kier molecular flexibility index (Phi) is 4.42. The maximum absolute atomic E-state index is 12.4. The van der Waals surface area contributed by atoms with E-state index in [2.05, 4.69) is 10.1 Å². The van der Waals surface area contributed by atoms with Crippen LogP contribution in [0.5, 0.6) is 5.75 Å². The third-order valence-corrected chi connectivity index (χ3v) is 5.30. The second-order valence-electron chi connectivity index (χ2n) is 6.93. The van der Waals surface area contributed by atoms with E-state index < -0.39 is 0 Å². The zero-order valence-corrected chi connectivity index (χ0v) is 14.5. The summed E-state index contributed by atoms with van der Waals surface area (Å²) in [6.45, 7) is 0.709. The summed E-state index contributed by atoms with van der Waals surface area (Å²) in [4.78, 5) is 19.0. The number of carbonyl (C=O) groups excluding carboxylic acids is 1. The van der Waals surface area contributed by atoms with Crippen LogP contribution in [0.25, 0.3) is 11.5 Å². The maximum atomic E-state index is 12.4. The molecule has 1 saturated carbocycles. The van der Waals surface area contributed by atoms with Crippen LogP contribution in [0.4, 0.5) is 0 Å². The summed E-state index contributed by atoms with van der Waals surface area (Å²) in [5, 5.41) is 4.14. The summed E-state index contributed by atoms with van der Waals surface area (Å²) in [6.07, 6.45) is 6.46. The van der Waals surface area contributed by atoms with Crippen molar-refractivity contribution < 1.29 is 14.1 Å². The highest BCUT2D eigenvalue weighted by atomic mass is 16.5. The van der Waals surface area contributed by atoms with Crippen molar-refractivity contribution >= 4 is 5.91 Å². The molecule has 0 spiro atoms. The lowest BCUT2D eigenvalue weighted by Gasteiger charge is -2.31. The lowest BCUT2D eigenvalue weighted by Crippen LogP contribution is -2.37. The molecule has 2 fully saturated rings. The Bertz CT molecular complexity index is 752. The lowest BCUT2D eigenvalue weighted by molar-refractivity contribution is -0.130. The Hall–Kier alpha value is -2.37. The summed E-state index contributed by atoms with van der Waals surface area (Å²) in [5.41, 5.74) is 0.826.